The number of nitrogens with zero attached hydrogens (tertiary/aromatic N) is 1. The molecule has 0 bridgehead atoms. The molecule has 0 saturated heterocycles. The Balaban J connectivity index is 4.28. The van der Waals surface area contributed by atoms with E-state index in [-0.39, 0.29) is 24.4 Å². The van der Waals surface area contributed by atoms with Gasteiger partial charge in [-0.25, -0.2) is 0 Å². The van der Waals surface area contributed by atoms with Crippen LogP contribution in [0.5, 0.6) is 0 Å². The molecular formula is C14H29N3O2. The fourth-order valence-corrected chi connectivity index (χ4v) is 1.88. The summed E-state index contributed by atoms with van der Waals surface area (Å²) in [5.74, 6) is -0.109. The van der Waals surface area contributed by atoms with Gasteiger partial charge in [-0.3, -0.25) is 9.59 Å². The Morgan fingerprint density at radius 1 is 1.16 bits per heavy atom. The molecule has 0 saturated carbocycles. The molecule has 5 nitrogen and oxygen atoms in total. The van der Waals surface area contributed by atoms with E-state index in [0.29, 0.717) is 19.5 Å². The van der Waals surface area contributed by atoms with Crippen molar-refractivity contribution in [2.24, 2.45) is 5.73 Å². The molecule has 3 N–H and O–H groups in total. The van der Waals surface area contributed by atoms with E-state index in [9.17, 15) is 9.59 Å². The highest BCUT2D eigenvalue weighted by Gasteiger charge is 2.18. The minimum atomic E-state index is -0.101. The summed E-state index contributed by atoms with van der Waals surface area (Å²) in [6.45, 7) is 7.45. The highest BCUT2D eigenvalue weighted by molar-refractivity contribution is 5.85. The van der Waals surface area contributed by atoms with Gasteiger partial charge in [0.25, 0.3) is 0 Å². The number of amides is 2. The molecule has 0 spiro atoms. The molecule has 112 valence electrons. The molecule has 0 radical (unpaired) electrons. The zero-order valence-corrected chi connectivity index (χ0v) is 12.6. The van der Waals surface area contributed by atoms with E-state index >= 15 is 0 Å². The molecule has 0 aliphatic rings. The van der Waals surface area contributed by atoms with Gasteiger partial charge in [-0.2, -0.15) is 0 Å². The van der Waals surface area contributed by atoms with Crippen molar-refractivity contribution in [3.63, 3.8) is 0 Å². The monoisotopic (exact) mass is 271 g/mol. The first kappa shape index (κ1) is 17.9. The quantitative estimate of drug-likeness (QED) is 0.628. The molecule has 0 aromatic heterocycles. The van der Waals surface area contributed by atoms with Crippen molar-refractivity contribution < 1.29 is 9.59 Å². The highest BCUT2D eigenvalue weighted by atomic mass is 16.2. The molecule has 1 unspecified atom stereocenters. The Bertz CT molecular complexity index is 269. The lowest BCUT2D eigenvalue weighted by Crippen LogP contribution is -2.43. The van der Waals surface area contributed by atoms with E-state index < -0.39 is 0 Å². The fourth-order valence-electron chi connectivity index (χ4n) is 1.88. The van der Waals surface area contributed by atoms with E-state index in [1.807, 2.05) is 20.8 Å². The third-order valence-corrected chi connectivity index (χ3v) is 2.85. The summed E-state index contributed by atoms with van der Waals surface area (Å²) < 4.78 is 0. The average molecular weight is 271 g/mol. The summed E-state index contributed by atoms with van der Waals surface area (Å²) in [4.78, 5) is 25.4. The topological polar surface area (TPSA) is 75.4 Å². The lowest BCUT2D eigenvalue weighted by Gasteiger charge is -2.23. The summed E-state index contributed by atoms with van der Waals surface area (Å²) in [5, 5.41) is 2.79. The first-order valence-corrected chi connectivity index (χ1v) is 7.35. The van der Waals surface area contributed by atoms with Gasteiger partial charge in [0.2, 0.25) is 11.8 Å². The van der Waals surface area contributed by atoms with Crippen LogP contribution in [0.3, 0.4) is 0 Å². The van der Waals surface area contributed by atoms with E-state index in [4.69, 9.17) is 5.73 Å². The van der Waals surface area contributed by atoms with Crippen molar-refractivity contribution >= 4 is 11.8 Å². The van der Waals surface area contributed by atoms with Gasteiger partial charge < -0.3 is 16.0 Å². The number of hydrogen-bond acceptors (Lipinski definition) is 3. The van der Waals surface area contributed by atoms with Crippen molar-refractivity contribution in [3.8, 4) is 0 Å². The molecule has 5 heteroatoms. The van der Waals surface area contributed by atoms with Gasteiger partial charge >= 0.3 is 0 Å². The Morgan fingerprint density at radius 2 is 1.84 bits per heavy atom. The molecule has 19 heavy (non-hydrogen) atoms. The molecule has 0 fully saturated rings. The van der Waals surface area contributed by atoms with Crippen molar-refractivity contribution in [2.75, 3.05) is 19.6 Å². The number of carbonyl (C=O) groups is 2. The molecule has 1 atom stereocenters. The van der Waals surface area contributed by atoms with Gasteiger partial charge in [0.15, 0.2) is 0 Å². The van der Waals surface area contributed by atoms with Gasteiger partial charge in [0.05, 0.1) is 6.54 Å². The largest absolute Gasteiger partial charge is 0.355 e. The Morgan fingerprint density at radius 3 is 2.37 bits per heavy atom. The molecule has 0 aliphatic heterocycles. The molecule has 0 aliphatic carbocycles. The van der Waals surface area contributed by atoms with Gasteiger partial charge in [-0.05, 0) is 19.3 Å². The van der Waals surface area contributed by atoms with Crippen molar-refractivity contribution in [2.45, 2.75) is 58.9 Å². The minimum absolute atomic E-state index is 0.0190. The first-order chi connectivity index (χ1) is 9.04. The van der Waals surface area contributed by atoms with Gasteiger partial charge in [0.1, 0.15) is 0 Å². The van der Waals surface area contributed by atoms with E-state index in [1.54, 1.807) is 4.90 Å². The van der Waals surface area contributed by atoms with Gasteiger partial charge in [-0.1, -0.05) is 27.2 Å². The van der Waals surface area contributed by atoms with Crippen LogP contribution in [-0.2, 0) is 9.59 Å². The molecule has 0 rings (SSSR count). The Labute approximate surface area is 116 Å². The van der Waals surface area contributed by atoms with Crippen LogP contribution in [0.15, 0.2) is 0 Å². The normalized spacial score (nSPS) is 12.0. The lowest BCUT2D eigenvalue weighted by atomic mass is 10.1. The first-order valence-electron chi connectivity index (χ1n) is 7.35. The lowest BCUT2D eigenvalue weighted by molar-refractivity contribution is -0.136. The summed E-state index contributed by atoms with van der Waals surface area (Å²) >= 11 is 0. The Hall–Kier alpha value is -1.10. The zero-order chi connectivity index (χ0) is 14.7. The predicted molar refractivity (Wildman–Crippen MR) is 77.7 cm³/mol. The summed E-state index contributed by atoms with van der Waals surface area (Å²) in [6.07, 6.45) is 3.88. The van der Waals surface area contributed by atoms with E-state index in [0.717, 1.165) is 25.7 Å². The van der Waals surface area contributed by atoms with Crippen LogP contribution in [0.2, 0.25) is 0 Å². The summed E-state index contributed by atoms with van der Waals surface area (Å²) in [6, 6.07) is -0.101. The van der Waals surface area contributed by atoms with Crippen LogP contribution in [-0.4, -0.2) is 42.4 Å². The maximum absolute atomic E-state index is 12.1. The number of rotatable bonds is 10. The van der Waals surface area contributed by atoms with Crippen LogP contribution in [0.4, 0.5) is 0 Å². The molecule has 0 aromatic rings. The van der Waals surface area contributed by atoms with Crippen LogP contribution in [0.25, 0.3) is 0 Å². The van der Waals surface area contributed by atoms with Crippen LogP contribution in [0, 0.1) is 0 Å². The van der Waals surface area contributed by atoms with Crippen LogP contribution in [0.1, 0.15) is 52.9 Å². The molecule has 0 aromatic carbocycles. The second-order valence-electron chi connectivity index (χ2n) is 4.92. The predicted octanol–water partition coefficient (Wildman–Crippen LogP) is 1.27. The number of hydrogen-bond donors (Lipinski definition) is 2. The van der Waals surface area contributed by atoms with Crippen molar-refractivity contribution in [1.82, 2.24) is 10.2 Å². The molecule has 0 heterocycles. The number of nitrogens with one attached hydrogen (secondary N) is 1. The molecular weight excluding hydrogens is 242 g/mol. The molecule has 2 amide bonds. The van der Waals surface area contributed by atoms with E-state index in [1.165, 1.54) is 0 Å². The number of nitrogens with two attached hydrogens (primary N) is 1. The Kier molecular flexibility index (Phi) is 10.2. The second kappa shape index (κ2) is 10.8. The number of carbonyl (C=O) groups excluding carboxylic acids is 2. The highest BCUT2D eigenvalue weighted by Crippen LogP contribution is 2.03. The maximum Gasteiger partial charge on any atom is 0.239 e. The third kappa shape index (κ3) is 8.59. The second-order valence-corrected chi connectivity index (χ2v) is 4.92. The van der Waals surface area contributed by atoms with Crippen LogP contribution >= 0.6 is 0 Å². The van der Waals surface area contributed by atoms with Gasteiger partial charge in [-0.15, -0.1) is 0 Å². The average Bonchev–Trinajstić information content (AvgIpc) is 2.36. The minimum Gasteiger partial charge on any atom is -0.355 e. The fraction of sp³-hybridized carbons (Fsp3) is 0.857. The third-order valence-electron chi connectivity index (χ3n) is 2.85. The standard InChI is InChI=1S/C14H29N3O2/c1-4-7-12(15)10-14(19)17(9-6-3)11-13(18)16-8-5-2/h12H,4-11,15H2,1-3H3,(H,16,18). The van der Waals surface area contributed by atoms with Gasteiger partial charge in [0, 0.05) is 25.6 Å². The van der Waals surface area contributed by atoms with Crippen molar-refractivity contribution in [1.29, 1.82) is 0 Å². The SMILES string of the molecule is CCCNC(=O)CN(CCC)C(=O)CC(N)CCC. The summed E-state index contributed by atoms with van der Waals surface area (Å²) in [7, 11) is 0. The smallest absolute Gasteiger partial charge is 0.239 e. The van der Waals surface area contributed by atoms with Crippen LogP contribution < -0.4 is 11.1 Å². The van der Waals surface area contributed by atoms with E-state index in [2.05, 4.69) is 5.32 Å². The zero-order valence-electron chi connectivity index (χ0n) is 12.6. The van der Waals surface area contributed by atoms with Crippen molar-refractivity contribution in [3.05, 3.63) is 0 Å². The summed E-state index contributed by atoms with van der Waals surface area (Å²) in [5.41, 5.74) is 5.88. The maximum atomic E-state index is 12.1.